The van der Waals surface area contributed by atoms with Gasteiger partial charge in [-0.05, 0) is 31.5 Å². The molecule has 0 bridgehead atoms. The van der Waals surface area contributed by atoms with Gasteiger partial charge in [-0.3, -0.25) is 29.2 Å². The van der Waals surface area contributed by atoms with Crippen molar-refractivity contribution < 1.29 is 33.4 Å². The topological polar surface area (TPSA) is 156 Å². The first-order chi connectivity index (χ1) is 19.3. The largest absolute Gasteiger partial charge is 0.481 e. The zero-order chi connectivity index (χ0) is 28.4. The molecule has 4 amide bonds. The van der Waals surface area contributed by atoms with Crippen molar-refractivity contribution in [3.05, 3.63) is 47.4 Å². The number of amides is 4. The number of hydrogen-bond acceptors (Lipinski definition) is 8. The number of carbonyl (C=O) groups excluding carboxylic acids is 5. The number of para-hydroxylation sites is 1. The summed E-state index contributed by atoms with van der Waals surface area (Å²) >= 11 is 0. The number of piperidine rings is 1. The van der Waals surface area contributed by atoms with Gasteiger partial charge >= 0.3 is 5.97 Å². The lowest BCUT2D eigenvalue weighted by Crippen LogP contribution is -2.51. The molecule has 2 N–H and O–H groups in total. The van der Waals surface area contributed by atoms with Crippen molar-refractivity contribution in [2.24, 2.45) is 7.05 Å². The summed E-state index contributed by atoms with van der Waals surface area (Å²) in [6, 6.07) is 8.41. The third-order valence-corrected chi connectivity index (χ3v) is 7.11. The SMILES string of the molecule is CCOC(=O)c1ccc(C(=O)N2CCN(C(=O)COc3cccc4c(C5CCC(=O)NC5=O)nn(C)c34)CC2)[nH]1. The van der Waals surface area contributed by atoms with E-state index in [9.17, 15) is 24.0 Å². The Bertz CT molecular complexity index is 1480. The third-order valence-electron chi connectivity index (χ3n) is 7.11. The monoisotopic (exact) mass is 550 g/mol. The minimum Gasteiger partial charge on any atom is -0.481 e. The molecule has 1 atom stereocenters. The van der Waals surface area contributed by atoms with Gasteiger partial charge in [0.05, 0.1) is 18.2 Å². The first-order valence-electron chi connectivity index (χ1n) is 13.1. The number of ether oxygens (including phenoxy) is 2. The second kappa shape index (κ2) is 11.2. The van der Waals surface area contributed by atoms with Gasteiger partial charge in [-0.1, -0.05) is 12.1 Å². The van der Waals surface area contributed by atoms with Crippen molar-refractivity contribution in [1.29, 1.82) is 0 Å². The molecule has 0 spiro atoms. The van der Waals surface area contributed by atoms with E-state index >= 15 is 0 Å². The van der Waals surface area contributed by atoms with E-state index in [4.69, 9.17) is 9.47 Å². The highest BCUT2D eigenvalue weighted by Crippen LogP contribution is 2.34. The summed E-state index contributed by atoms with van der Waals surface area (Å²) in [5.41, 5.74) is 1.71. The fourth-order valence-corrected chi connectivity index (χ4v) is 5.06. The molecule has 3 aromatic rings. The van der Waals surface area contributed by atoms with E-state index < -0.39 is 11.9 Å². The number of nitrogens with one attached hydrogen (secondary N) is 2. The molecule has 13 nitrogen and oxygen atoms in total. The Labute approximate surface area is 229 Å². The number of H-pyrrole nitrogens is 1. The molecule has 2 aliphatic rings. The minimum atomic E-state index is -0.542. The van der Waals surface area contributed by atoms with E-state index in [0.29, 0.717) is 49.6 Å². The highest BCUT2D eigenvalue weighted by atomic mass is 16.5. The molecule has 13 heteroatoms. The first kappa shape index (κ1) is 26.9. The predicted octanol–water partition coefficient (Wildman–Crippen LogP) is 0.962. The first-order valence-corrected chi connectivity index (χ1v) is 13.1. The van der Waals surface area contributed by atoms with Crippen LogP contribution in [0.15, 0.2) is 30.3 Å². The van der Waals surface area contributed by atoms with Crippen molar-refractivity contribution in [1.82, 2.24) is 29.9 Å². The van der Waals surface area contributed by atoms with Crippen LogP contribution in [0, 0.1) is 0 Å². The van der Waals surface area contributed by atoms with Gasteiger partial charge in [-0.2, -0.15) is 5.10 Å². The summed E-state index contributed by atoms with van der Waals surface area (Å²) in [4.78, 5) is 67.7. The van der Waals surface area contributed by atoms with Crippen molar-refractivity contribution >= 4 is 40.5 Å². The van der Waals surface area contributed by atoms with E-state index in [1.807, 2.05) is 6.07 Å². The van der Waals surface area contributed by atoms with Crippen LogP contribution < -0.4 is 10.1 Å². The average molecular weight is 551 g/mol. The summed E-state index contributed by atoms with van der Waals surface area (Å²) in [7, 11) is 1.74. The summed E-state index contributed by atoms with van der Waals surface area (Å²) < 4.78 is 12.5. The molecule has 0 aliphatic carbocycles. The maximum atomic E-state index is 12.9. The quantitative estimate of drug-likeness (QED) is 0.326. The number of nitrogens with zero attached hydrogens (tertiary/aromatic N) is 4. The zero-order valence-corrected chi connectivity index (χ0v) is 22.3. The number of benzene rings is 1. The molecule has 4 heterocycles. The summed E-state index contributed by atoms with van der Waals surface area (Å²) in [6.45, 7) is 3.10. The molecule has 2 fully saturated rings. The molecular weight excluding hydrogens is 520 g/mol. The van der Waals surface area contributed by atoms with Gasteiger partial charge in [0.1, 0.15) is 22.7 Å². The van der Waals surface area contributed by atoms with E-state index in [-0.39, 0.29) is 54.7 Å². The fraction of sp³-hybridized carbons (Fsp3) is 0.407. The number of imide groups is 1. The van der Waals surface area contributed by atoms with Gasteiger partial charge in [-0.15, -0.1) is 0 Å². The Morgan fingerprint density at radius 3 is 2.48 bits per heavy atom. The maximum absolute atomic E-state index is 12.9. The molecular formula is C27H30N6O7. The summed E-state index contributed by atoms with van der Waals surface area (Å²) in [5, 5.41) is 7.64. The van der Waals surface area contributed by atoms with Gasteiger partial charge in [0.15, 0.2) is 6.61 Å². The number of aromatic nitrogens is 3. The molecule has 1 aromatic carbocycles. The van der Waals surface area contributed by atoms with Crippen LogP contribution in [0.5, 0.6) is 5.75 Å². The highest BCUT2D eigenvalue weighted by molar-refractivity contribution is 6.03. The fourth-order valence-electron chi connectivity index (χ4n) is 5.06. The normalized spacial score (nSPS) is 17.6. The summed E-state index contributed by atoms with van der Waals surface area (Å²) in [6.07, 6.45) is 0.628. The molecule has 0 radical (unpaired) electrons. The van der Waals surface area contributed by atoms with Gasteiger partial charge in [-0.25, -0.2) is 4.79 Å². The van der Waals surface area contributed by atoms with Gasteiger partial charge in [0.2, 0.25) is 11.8 Å². The van der Waals surface area contributed by atoms with E-state index in [2.05, 4.69) is 15.4 Å². The highest BCUT2D eigenvalue weighted by Gasteiger charge is 2.32. The molecule has 2 aliphatic heterocycles. The smallest absolute Gasteiger partial charge is 0.354 e. The molecule has 0 saturated carbocycles. The number of esters is 1. The maximum Gasteiger partial charge on any atom is 0.354 e. The lowest BCUT2D eigenvalue weighted by molar-refractivity contribution is -0.135. The number of hydrogen-bond donors (Lipinski definition) is 2. The second-order valence-electron chi connectivity index (χ2n) is 9.63. The number of aryl methyl sites for hydroxylation is 1. The molecule has 2 aromatic heterocycles. The van der Waals surface area contributed by atoms with Crippen LogP contribution in [-0.2, 0) is 26.2 Å². The molecule has 2 saturated heterocycles. The zero-order valence-electron chi connectivity index (χ0n) is 22.3. The van der Waals surface area contributed by atoms with Gasteiger partial charge in [0, 0.05) is 45.0 Å². The Kier molecular flexibility index (Phi) is 7.54. The third kappa shape index (κ3) is 5.26. The van der Waals surface area contributed by atoms with Crippen molar-refractivity contribution in [2.45, 2.75) is 25.7 Å². The van der Waals surface area contributed by atoms with Gasteiger partial charge < -0.3 is 24.3 Å². The van der Waals surface area contributed by atoms with E-state index in [1.54, 1.807) is 46.7 Å². The summed E-state index contributed by atoms with van der Waals surface area (Å²) in [5.74, 6) is -1.74. The van der Waals surface area contributed by atoms with Crippen LogP contribution in [0.2, 0.25) is 0 Å². The van der Waals surface area contributed by atoms with Crippen molar-refractivity contribution in [2.75, 3.05) is 39.4 Å². The van der Waals surface area contributed by atoms with Crippen LogP contribution in [0.1, 0.15) is 52.4 Å². The minimum absolute atomic E-state index is 0.203. The van der Waals surface area contributed by atoms with Crippen molar-refractivity contribution in [3.63, 3.8) is 0 Å². The number of fused-ring (bicyclic) bond motifs is 1. The van der Waals surface area contributed by atoms with Crippen LogP contribution in [0.25, 0.3) is 10.9 Å². The Morgan fingerprint density at radius 2 is 1.75 bits per heavy atom. The van der Waals surface area contributed by atoms with Crippen LogP contribution in [-0.4, -0.2) is 93.6 Å². The predicted molar refractivity (Wildman–Crippen MR) is 141 cm³/mol. The van der Waals surface area contributed by atoms with E-state index in [0.717, 1.165) is 5.39 Å². The second-order valence-corrected chi connectivity index (χ2v) is 9.63. The standard InChI is InChI=1S/C27H30N6O7/c1-3-39-27(38)19-9-8-18(28-19)26(37)33-13-11-32(12-14-33)22(35)15-40-20-6-4-5-16-23(30-31(2)24(16)20)17-7-10-21(34)29-25(17)36/h4-6,8-9,17,28H,3,7,10-15H2,1-2H3,(H,29,34,36). The number of carbonyl (C=O) groups is 5. The lowest BCUT2D eigenvalue weighted by atomic mass is 9.93. The van der Waals surface area contributed by atoms with Crippen LogP contribution >= 0.6 is 0 Å². The number of rotatable bonds is 7. The van der Waals surface area contributed by atoms with Crippen LogP contribution in [0.4, 0.5) is 0 Å². The van der Waals surface area contributed by atoms with E-state index in [1.165, 1.54) is 6.07 Å². The molecule has 1 unspecified atom stereocenters. The Balaban J connectivity index is 1.19. The average Bonchev–Trinajstić information content (AvgIpc) is 3.57. The number of piperazine rings is 1. The number of aromatic amines is 1. The molecule has 40 heavy (non-hydrogen) atoms. The van der Waals surface area contributed by atoms with Crippen LogP contribution in [0.3, 0.4) is 0 Å². The Hall–Kier alpha value is -4.68. The van der Waals surface area contributed by atoms with Crippen molar-refractivity contribution in [3.8, 4) is 5.75 Å². The van der Waals surface area contributed by atoms with Gasteiger partial charge in [0.25, 0.3) is 11.8 Å². The Morgan fingerprint density at radius 1 is 1.02 bits per heavy atom. The molecule has 5 rings (SSSR count). The lowest BCUT2D eigenvalue weighted by Gasteiger charge is -2.34. The molecule has 210 valence electrons.